The number of aromatic amines is 1. The third kappa shape index (κ3) is 6.30. The minimum Gasteiger partial charge on any atom is -0.457 e. The minimum atomic E-state index is 0.0357. The number of likely N-dealkylation sites (tertiary alicyclic amines) is 1. The van der Waals surface area contributed by atoms with Crippen LogP contribution < -0.4 is 14.8 Å². The van der Waals surface area contributed by atoms with Gasteiger partial charge in [-0.25, -0.2) is 4.98 Å². The highest BCUT2D eigenvalue weighted by atomic mass is 16.5. The van der Waals surface area contributed by atoms with E-state index in [0.717, 1.165) is 37.1 Å². The molecule has 3 heterocycles. The molecule has 2 aromatic heterocycles. The number of hydrogen-bond donors (Lipinski definition) is 2. The number of aromatic nitrogens is 3. The summed E-state index contributed by atoms with van der Waals surface area (Å²) in [5.41, 5.74) is 0.622. The summed E-state index contributed by atoms with van der Waals surface area (Å²) in [6.07, 6.45) is 7.11. The van der Waals surface area contributed by atoms with Gasteiger partial charge in [-0.1, -0.05) is 30.3 Å². The lowest BCUT2D eigenvalue weighted by Gasteiger charge is -2.32. The van der Waals surface area contributed by atoms with Crippen LogP contribution in [0.2, 0.25) is 0 Å². The number of nitrogens with one attached hydrogen (secondary N) is 2. The molecule has 9 nitrogen and oxygen atoms in total. The molecule has 1 amide bonds. The molecule has 38 heavy (non-hydrogen) atoms. The predicted octanol–water partition coefficient (Wildman–Crippen LogP) is 5.06. The van der Waals surface area contributed by atoms with Gasteiger partial charge in [-0.2, -0.15) is 5.10 Å². The molecular weight excluding hydrogens is 480 g/mol. The number of para-hydroxylation sites is 1. The molecule has 0 saturated carbocycles. The molecule has 0 unspecified atom stereocenters. The molecule has 1 saturated heterocycles. The molecule has 1 atom stereocenters. The summed E-state index contributed by atoms with van der Waals surface area (Å²) >= 11 is 0. The van der Waals surface area contributed by atoms with Gasteiger partial charge in [-0.05, 0) is 51.2 Å². The number of amides is 1. The van der Waals surface area contributed by atoms with Crippen LogP contribution in [-0.4, -0.2) is 70.7 Å². The highest BCUT2D eigenvalue weighted by Crippen LogP contribution is 2.35. The fraction of sp³-hybridized carbons (Fsp3) is 0.276. The lowest BCUT2D eigenvalue weighted by Crippen LogP contribution is -2.44. The molecule has 0 spiro atoms. The summed E-state index contributed by atoms with van der Waals surface area (Å²) in [5, 5.41) is 11.8. The van der Waals surface area contributed by atoms with E-state index < -0.39 is 0 Å². The van der Waals surface area contributed by atoms with Crippen molar-refractivity contribution >= 4 is 22.8 Å². The fourth-order valence-corrected chi connectivity index (χ4v) is 4.42. The van der Waals surface area contributed by atoms with Crippen LogP contribution in [0.15, 0.2) is 79.0 Å². The van der Waals surface area contributed by atoms with E-state index in [9.17, 15) is 4.79 Å². The highest BCUT2D eigenvalue weighted by molar-refractivity contribution is 5.93. The van der Waals surface area contributed by atoms with Gasteiger partial charge in [0.2, 0.25) is 5.91 Å². The summed E-state index contributed by atoms with van der Waals surface area (Å²) in [6, 6.07) is 19.0. The minimum absolute atomic E-state index is 0.0357. The first-order chi connectivity index (χ1) is 18.5. The molecule has 1 aliphatic rings. The molecule has 1 fully saturated rings. The summed E-state index contributed by atoms with van der Waals surface area (Å²) in [6.45, 7) is 2.09. The summed E-state index contributed by atoms with van der Waals surface area (Å²) in [7, 11) is 3.96. The fourth-order valence-electron chi connectivity index (χ4n) is 4.42. The summed E-state index contributed by atoms with van der Waals surface area (Å²) in [4.78, 5) is 21.0. The number of piperidine rings is 1. The zero-order valence-electron chi connectivity index (χ0n) is 21.6. The summed E-state index contributed by atoms with van der Waals surface area (Å²) < 4.78 is 12.2. The van der Waals surface area contributed by atoms with Crippen LogP contribution in [0, 0.1) is 0 Å². The number of H-pyrrole nitrogens is 1. The second-order valence-corrected chi connectivity index (χ2v) is 9.53. The molecule has 0 bridgehead atoms. The molecule has 2 aromatic carbocycles. The zero-order chi connectivity index (χ0) is 26.3. The van der Waals surface area contributed by atoms with Crippen LogP contribution in [-0.2, 0) is 4.79 Å². The van der Waals surface area contributed by atoms with E-state index in [4.69, 9.17) is 9.47 Å². The second-order valence-electron chi connectivity index (χ2n) is 9.53. The molecule has 5 rings (SSSR count). The normalized spacial score (nSPS) is 15.8. The average molecular weight is 513 g/mol. The van der Waals surface area contributed by atoms with Gasteiger partial charge >= 0.3 is 0 Å². The number of nitrogens with zero attached hydrogens (tertiary/aromatic N) is 4. The number of carbonyl (C=O) groups excluding carboxylic acids is 1. The van der Waals surface area contributed by atoms with Crippen LogP contribution in [0.3, 0.4) is 0 Å². The molecule has 1 aliphatic heterocycles. The molecule has 2 N–H and O–H groups in total. The predicted molar refractivity (Wildman–Crippen MR) is 148 cm³/mol. The van der Waals surface area contributed by atoms with Crippen molar-refractivity contribution in [3.8, 4) is 23.0 Å². The van der Waals surface area contributed by atoms with Crippen LogP contribution >= 0.6 is 0 Å². The van der Waals surface area contributed by atoms with Crippen molar-refractivity contribution < 1.29 is 14.3 Å². The van der Waals surface area contributed by atoms with Crippen molar-refractivity contribution in [3.63, 3.8) is 0 Å². The van der Waals surface area contributed by atoms with Crippen LogP contribution in [0.1, 0.15) is 12.8 Å². The van der Waals surface area contributed by atoms with Crippen LogP contribution in [0.25, 0.3) is 11.0 Å². The standard InChI is InChI=1S/C29H32N6O3/c1-34(2)17-8-14-26(36)35-18-7-9-21(20-35)31-29-27-25(15-16-30-28(27)32-33-29)38-24-13-6-12-23(19-24)37-22-10-4-3-5-11-22/h3-6,8,10-16,19,21H,7,9,17-18,20H2,1-2H3,(H2,30,31,32,33)/t21-/m1/s1. The number of carbonyl (C=O) groups is 1. The Balaban J connectivity index is 1.30. The summed E-state index contributed by atoms with van der Waals surface area (Å²) in [5.74, 6) is 3.38. The van der Waals surface area contributed by atoms with Crippen molar-refractivity contribution in [1.82, 2.24) is 25.0 Å². The van der Waals surface area contributed by atoms with E-state index in [1.165, 1.54) is 0 Å². The van der Waals surface area contributed by atoms with Crippen molar-refractivity contribution in [2.24, 2.45) is 0 Å². The molecular formula is C29H32N6O3. The molecule has 196 valence electrons. The third-order valence-corrected chi connectivity index (χ3v) is 6.24. The Morgan fingerprint density at radius 3 is 2.71 bits per heavy atom. The molecule has 9 heteroatoms. The van der Waals surface area contributed by atoms with Gasteiger partial charge in [0, 0.05) is 50.1 Å². The van der Waals surface area contributed by atoms with Gasteiger partial charge < -0.3 is 24.6 Å². The smallest absolute Gasteiger partial charge is 0.246 e. The second kappa shape index (κ2) is 11.8. The Morgan fingerprint density at radius 1 is 1.11 bits per heavy atom. The van der Waals surface area contributed by atoms with Crippen molar-refractivity contribution in [1.29, 1.82) is 0 Å². The topological polar surface area (TPSA) is 95.6 Å². The Kier molecular flexibility index (Phi) is 7.84. The first kappa shape index (κ1) is 25.3. The van der Waals surface area contributed by atoms with E-state index in [-0.39, 0.29) is 11.9 Å². The Morgan fingerprint density at radius 2 is 1.89 bits per heavy atom. The van der Waals surface area contributed by atoms with E-state index in [0.29, 0.717) is 35.3 Å². The van der Waals surface area contributed by atoms with E-state index >= 15 is 0 Å². The number of pyridine rings is 1. The molecule has 0 aliphatic carbocycles. The monoisotopic (exact) mass is 512 g/mol. The Labute approximate surface area is 222 Å². The quantitative estimate of drug-likeness (QED) is 0.303. The highest BCUT2D eigenvalue weighted by Gasteiger charge is 2.24. The lowest BCUT2D eigenvalue weighted by molar-refractivity contribution is -0.127. The van der Waals surface area contributed by atoms with Gasteiger partial charge in [-0.3, -0.25) is 9.89 Å². The zero-order valence-corrected chi connectivity index (χ0v) is 21.6. The lowest BCUT2D eigenvalue weighted by atomic mass is 10.1. The van der Waals surface area contributed by atoms with E-state index in [2.05, 4.69) is 20.5 Å². The number of ether oxygens (including phenoxy) is 2. The van der Waals surface area contributed by atoms with Gasteiger partial charge in [0.15, 0.2) is 11.5 Å². The van der Waals surface area contributed by atoms with Gasteiger partial charge in [-0.15, -0.1) is 0 Å². The van der Waals surface area contributed by atoms with Crippen molar-refractivity contribution in [2.45, 2.75) is 18.9 Å². The largest absolute Gasteiger partial charge is 0.457 e. The maximum absolute atomic E-state index is 12.7. The maximum atomic E-state index is 12.7. The first-order valence-electron chi connectivity index (χ1n) is 12.8. The third-order valence-electron chi connectivity index (χ3n) is 6.24. The van der Waals surface area contributed by atoms with Gasteiger partial charge in [0.1, 0.15) is 28.4 Å². The number of hydrogen-bond acceptors (Lipinski definition) is 7. The Bertz CT molecular complexity index is 1400. The van der Waals surface area contributed by atoms with E-state index in [1.807, 2.05) is 90.6 Å². The molecule has 0 radical (unpaired) electrons. The number of anilines is 1. The average Bonchev–Trinajstić information content (AvgIpc) is 3.33. The first-order valence-corrected chi connectivity index (χ1v) is 12.8. The number of likely N-dealkylation sites (N-methyl/N-ethyl adjacent to an activating group) is 1. The van der Waals surface area contributed by atoms with Crippen LogP contribution in [0.4, 0.5) is 5.82 Å². The number of fused-ring (bicyclic) bond motifs is 1. The van der Waals surface area contributed by atoms with Crippen LogP contribution in [0.5, 0.6) is 23.0 Å². The van der Waals surface area contributed by atoms with Crippen molar-refractivity contribution in [3.05, 3.63) is 79.0 Å². The van der Waals surface area contributed by atoms with E-state index in [1.54, 1.807) is 12.3 Å². The van der Waals surface area contributed by atoms with Gasteiger partial charge in [0.25, 0.3) is 0 Å². The van der Waals surface area contributed by atoms with Crippen molar-refractivity contribution in [2.75, 3.05) is 39.0 Å². The number of rotatable bonds is 9. The SMILES string of the molecule is CN(C)CC=CC(=O)N1CCC[C@@H](Nc2n[nH]c3nccc(Oc4cccc(Oc5ccccc5)c4)c23)C1. The number of benzene rings is 2. The Hall–Kier alpha value is -4.37. The maximum Gasteiger partial charge on any atom is 0.246 e. The molecule has 4 aromatic rings. The van der Waals surface area contributed by atoms with Gasteiger partial charge in [0.05, 0.1) is 0 Å².